The molecule has 20 heavy (non-hydrogen) atoms. The second-order valence-electron chi connectivity index (χ2n) is 4.72. The Kier molecular flexibility index (Phi) is 3.95. The van der Waals surface area contributed by atoms with Crippen molar-refractivity contribution in [2.45, 2.75) is 42.3 Å². The fraction of sp³-hybridized carbons (Fsp3) is 0.357. The number of fused-ring (bicyclic) bond motifs is 1. The minimum atomic E-state index is 0.575. The van der Waals surface area contributed by atoms with Crippen molar-refractivity contribution in [1.82, 2.24) is 14.8 Å². The third-order valence-corrected chi connectivity index (χ3v) is 4.63. The third-order valence-electron chi connectivity index (χ3n) is 3.34. The van der Waals surface area contributed by atoms with Crippen molar-refractivity contribution in [3.05, 3.63) is 34.6 Å². The van der Waals surface area contributed by atoms with E-state index in [1.165, 1.54) is 24.6 Å². The van der Waals surface area contributed by atoms with Gasteiger partial charge in [-0.2, -0.15) is 5.26 Å². The molecule has 4 nitrogen and oxygen atoms in total. The van der Waals surface area contributed by atoms with E-state index >= 15 is 0 Å². The second-order valence-corrected chi connectivity index (χ2v) is 6.16. The van der Waals surface area contributed by atoms with E-state index in [4.69, 9.17) is 11.6 Å². The van der Waals surface area contributed by atoms with Crippen LogP contribution in [0.4, 0.5) is 0 Å². The van der Waals surface area contributed by atoms with Gasteiger partial charge in [0.15, 0.2) is 5.16 Å². The summed E-state index contributed by atoms with van der Waals surface area (Å²) in [4.78, 5) is 0.872. The highest BCUT2D eigenvalue weighted by Gasteiger charge is 2.16. The van der Waals surface area contributed by atoms with E-state index in [9.17, 15) is 5.26 Å². The molecule has 0 atom stereocenters. The van der Waals surface area contributed by atoms with Crippen molar-refractivity contribution in [3.63, 3.8) is 0 Å². The molecule has 0 bridgehead atoms. The van der Waals surface area contributed by atoms with Gasteiger partial charge >= 0.3 is 0 Å². The molecule has 0 fully saturated rings. The first-order valence-corrected chi connectivity index (χ1v) is 7.77. The monoisotopic (exact) mass is 304 g/mol. The molecule has 0 N–H and O–H groups in total. The van der Waals surface area contributed by atoms with Gasteiger partial charge in [-0.1, -0.05) is 18.0 Å². The van der Waals surface area contributed by atoms with Crippen LogP contribution in [0.5, 0.6) is 0 Å². The Hall–Kier alpha value is -1.51. The summed E-state index contributed by atoms with van der Waals surface area (Å²) in [5.41, 5.74) is 0.577. The number of rotatable bonds is 2. The lowest BCUT2D eigenvalue weighted by Crippen LogP contribution is -2.02. The molecule has 2 heterocycles. The molecule has 3 rings (SSSR count). The van der Waals surface area contributed by atoms with Crippen molar-refractivity contribution in [2.75, 3.05) is 0 Å². The van der Waals surface area contributed by atoms with Gasteiger partial charge < -0.3 is 4.57 Å². The topological polar surface area (TPSA) is 54.5 Å². The third kappa shape index (κ3) is 2.67. The summed E-state index contributed by atoms with van der Waals surface area (Å²) in [6, 6.07) is 7.52. The van der Waals surface area contributed by atoms with Crippen molar-refractivity contribution in [1.29, 1.82) is 5.26 Å². The number of aromatic nitrogens is 3. The Balaban J connectivity index is 1.92. The summed E-state index contributed by atoms with van der Waals surface area (Å²) in [7, 11) is 0. The summed E-state index contributed by atoms with van der Waals surface area (Å²) < 4.78 is 2.17. The first-order valence-electron chi connectivity index (χ1n) is 6.57. The van der Waals surface area contributed by atoms with Gasteiger partial charge in [-0.3, -0.25) is 0 Å². The van der Waals surface area contributed by atoms with E-state index in [2.05, 4.69) is 20.8 Å². The zero-order valence-corrected chi connectivity index (χ0v) is 12.4. The van der Waals surface area contributed by atoms with Gasteiger partial charge in [0, 0.05) is 22.9 Å². The van der Waals surface area contributed by atoms with Crippen LogP contribution in [0.1, 0.15) is 30.7 Å². The number of hydrogen-bond acceptors (Lipinski definition) is 4. The van der Waals surface area contributed by atoms with Crippen molar-refractivity contribution >= 4 is 23.4 Å². The minimum Gasteiger partial charge on any atom is -0.306 e. The highest BCUT2D eigenvalue weighted by atomic mass is 35.5. The van der Waals surface area contributed by atoms with Gasteiger partial charge in [0.25, 0.3) is 0 Å². The number of hydrogen-bond donors (Lipinski definition) is 0. The maximum atomic E-state index is 9.19. The van der Waals surface area contributed by atoms with Crippen molar-refractivity contribution in [3.8, 4) is 6.07 Å². The molecule has 102 valence electrons. The summed E-state index contributed by atoms with van der Waals surface area (Å²) in [6.45, 7) is 0.958. The molecular formula is C14H13ClN4S. The number of aryl methyl sites for hydroxylation is 1. The summed E-state index contributed by atoms with van der Waals surface area (Å²) in [5.74, 6) is 1.05. The normalized spacial score (nSPS) is 14.4. The highest BCUT2D eigenvalue weighted by molar-refractivity contribution is 7.99. The quantitative estimate of drug-likeness (QED) is 0.849. The van der Waals surface area contributed by atoms with Crippen LogP contribution < -0.4 is 0 Å². The summed E-state index contributed by atoms with van der Waals surface area (Å²) in [5, 5.41) is 19.2. The number of halogens is 1. The minimum absolute atomic E-state index is 0.575. The van der Waals surface area contributed by atoms with Crippen LogP contribution in [0.25, 0.3) is 0 Å². The van der Waals surface area contributed by atoms with Gasteiger partial charge in [0.2, 0.25) is 0 Å². The fourth-order valence-electron chi connectivity index (χ4n) is 2.31. The van der Waals surface area contributed by atoms with Crippen LogP contribution in [0, 0.1) is 11.3 Å². The largest absolute Gasteiger partial charge is 0.306 e. The molecule has 1 aromatic carbocycles. The molecule has 0 aliphatic carbocycles. The fourth-order valence-corrected chi connectivity index (χ4v) is 3.42. The molecule has 6 heteroatoms. The van der Waals surface area contributed by atoms with Crippen LogP contribution in [-0.4, -0.2) is 14.8 Å². The maximum absolute atomic E-state index is 9.19. The maximum Gasteiger partial charge on any atom is 0.196 e. The van der Waals surface area contributed by atoms with E-state index in [1.54, 1.807) is 12.1 Å². The number of benzene rings is 1. The second kappa shape index (κ2) is 5.86. The average Bonchev–Trinajstić information content (AvgIpc) is 2.69. The zero-order valence-electron chi connectivity index (χ0n) is 10.8. The SMILES string of the molecule is N#Cc1cc(Cl)ccc1Sc1nnc2n1CCCCC2. The van der Waals surface area contributed by atoms with Crippen LogP contribution in [0.3, 0.4) is 0 Å². The van der Waals surface area contributed by atoms with Gasteiger partial charge in [0.05, 0.1) is 5.56 Å². The molecule has 1 aliphatic rings. The van der Waals surface area contributed by atoms with Crippen LogP contribution in [0.15, 0.2) is 28.3 Å². The van der Waals surface area contributed by atoms with Gasteiger partial charge in [-0.25, -0.2) is 0 Å². The molecule has 0 saturated carbocycles. The lowest BCUT2D eigenvalue weighted by atomic mass is 10.2. The molecule has 1 aliphatic heterocycles. The number of nitriles is 1. The zero-order chi connectivity index (χ0) is 13.9. The molecule has 0 unspecified atom stereocenters. The molecular weight excluding hydrogens is 292 g/mol. The molecule has 0 spiro atoms. The van der Waals surface area contributed by atoms with Crippen molar-refractivity contribution in [2.24, 2.45) is 0 Å². The first-order chi connectivity index (χ1) is 9.78. The molecule has 2 aromatic rings. The molecule has 1 aromatic heterocycles. The van der Waals surface area contributed by atoms with Crippen LogP contribution >= 0.6 is 23.4 Å². The Morgan fingerprint density at radius 1 is 1.25 bits per heavy atom. The lowest BCUT2D eigenvalue weighted by molar-refractivity contribution is 0.591. The predicted molar refractivity (Wildman–Crippen MR) is 77.9 cm³/mol. The molecule has 0 saturated heterocycles. The summed E-state index contributed by atoms with van der Waals surface area (Å²) >= 11 is 7.41. The van der Waals surface area contributed by atoms with Gasteiger partial charge in [-0.15, -0.1) is 10.2 Å². The Bertz CT molecular complexity index is 674. The molecule has 0 radical (unpaired) electrons. The van der Waals surface area contributed by atoms with Crippen LogP contribution in [0.2, 0.25) is 5.02 Å². The average molecular weight is 305 g/mol. The van der Waals surface area contributed by atoms with E-state index in [-0.39, 0.29) is 0 Å². The van der Waals surface area contributed by atoms with Gasteiger partial charge in [-0.05, 0) is 42.8 Å². The van der Waals surface area contributed by atoms with Crippen LogP contribution in [-0.2, 0) is 13.0 Å². The van der Waals surface area contributed by atoms with E-state index in [0.29, 0.717) is 10.6 Å². The standard InChI is InChI=1S/C14H13ClN4S/c15-11-5-6-12(10(8-11)9-16)20-14-18-17-13-4-2-1-3-7-19(13)14/h5-6,8H,1-4,7H2. The smallest absolute Gasteiger partial charge is 0.196 e. The lowest BCUT2D eigenvalue weighted by Gasteiger charge is -2.07. The Labute approximate surface area is 126 Å². The van der Waals surface area contributed by atoms with E-state index < -0.39 is 0 Å². The van der Waals surface area contributed by atoms with Crippen molar-refractivity contribution < 1.29 is 0 Å². The Morgan fingerprint density at radius 3 is 3.00 bits per heavy atom. The first kappa shape index (κ1) is 13.5. The van der Waals surface area contributed by atoms with Gasteiger partial charge in [0.1, 0.15) is 11.9 Å². The highest BCUT2D eigenvalue weighted by Crippen LogP contribution is 2.32. The summed E-state index contributed by atoms with van der Waals surface area (Å²) in [6.07, 6.45) is 4.55. The van der Waals surface area contributed by atoms with E-state index in [0.717, 1.165) is 35.3 Å². The predicted octanol–water partition coefficient (Wildman–Crippen LogP) is 3.68. The number of nitrogens with zero attached hydrogens (tertiary/aromatic N) is 4. The van der Waals surface area contributed by atoms with E-state index in [1.807, 2.05) is 6.07 Å². The molecule has 0 amide bonds. The Morgan fingerprint density at radius 2 is 2.15 bits per heavy atom.